The van der Waals surface area contributed by atoms with Crippen LogP contribution in [0.15, 0.2) is 71.3 Å². The molecule has 0 aliphatic rings. The number of amides is 2. The Morgan fingerprint density at radius 2 is 1.94 bits per heavy atom. The van der Waals surface area contributed by atoms with E-state index in [4.69, 9.17) is 4.42 Å². The van der Waals surface area contributed by atoms with Gasteiger partial charge in [-0.3, -0.25) is 15.1 Å². The summed E-state index contributed by atoms with van der Waals surface area (Å²) in [5.74, 6) is 0.387. The lowest BCUT2D eigenvalue weighted by Gasteiger charge is -2.04. The number of carbonyl (C=O) groups is 1. The maximum absolute atomic E-state index is 12.4. The summed E-state index contributed by atoms with van der Waals surface area (Å²) in [6.45, 7) is 0.675. The summed E-state index contributed by atoms with van der Waals surface area (Å²) in [6, 6.07) is 19.1. The molecule has 0 unspecified atom stereocenters. The maximum Gasteiger partial charge on any atom is 0.324 e. The van der Waals surface area contributed by atoms with Crippen LogP contribution in [0.25, 0.3) is 22.5 Å². The summed E-state index contributed by atoms with van der Waals surface area (Å²) >= 11 is 0. The quantitative estimate of drug-likeness (QED) is 0.363. The Morgan fingerprint density at radius 1 is 1.09 bits per heavy atom. The van der Waals surface area contributed by atoms with Crippen LogP contribution >= 0.6 is 0 Å². The third kappa shape index (κ3) is 4.54. The van der Waals surface area contributed by atoms with Gasteiger partial charge in [-0.1, -0.05) is 30.3 Å². The van der Waals surface area contributed by atoms with Crippen LogP contribution in [0.1, 0.15) is 5.56 Å². The number of oxazole rings is 1. The molecule has 5 aromatic rings. The van der Waals surface area contributed by atoms with Gasteiger partial charge in [-0.05, 0) is 29.8 Å². The third-order valence-electron chi connectivity index (χ3n) is 4.94. The van der Waals surface area contributed by atoms with Crippen molar-refractivity contribution >= 4 is 34.7 Å². The summed E-state index contributed by atoms with van der Waals surface area (Å²) in [4.78, 5) is 18.6. The smallest absolute Gasteiger partial charge is 0.324 e. The Balaban J connectivity index is 1.23. The first-order valence-corrected chi connectivity index (χ1v) is 10.3. The second-order valence-corrected chi connectivity index (χ2v) is 7.70. The SMILES string of the molecule is CN(C)c1nc2cc(NC(=O)Nc3cc(-c4ccn(Cc5ccccc5)n4)[nH]n3)ccc2o1. The number of aromatic nitrogens is 5. The second-order valence-electron chi connectivity index (χ2n) is 7.70. The highest BCUT2D eigenvalue weighted by atomic mass is 16.4. The van der Waals surface area contributed by atoms with E-state index in [0.29, 0.717) is 40.9 Å². The number of carbonyl (C=O) groups excluding carboxylic acids is 1. The van der Waals surface area contributed by atoms with Crippen molar-refractivity contribution in [2.24, 2.45) is 0 Å². The van der Waals surface area contributed by atoms with Crippen molar-refractivity contribution in [1.29, 1.82) is 0 Å². The molecule has 3 aromatic heterocycles. The summed E-state index contributed by atoms with van der Waals surface area (Å²) in [5, 5.41) is 17.2. The van der Waals surface area contributed by atoms with E-state index in [0.717, 1.165) is 11.3 Å². The van der Waals surface area contributed by atoms with E-state index < -0.39 is 6.03 Å². The molecule has 3 heterocycles. The first kappa shape index (κ1) is 20.3. The van der Waals surface area contributed by atoms with E-state index in [9.17, 15) is 4.79 Å². The van der Waals surface area contributed by atoms with Gasteiger partial charge in [0.1, 0.15) is 11.2 Å². The summed E-state index contributed by atoms with van der Waals surface area (Å²) in [7, 11) is 3.70. The molecule has 2 aromatic carbocycles. The molecule has 0 fully saturated rings. The van der Waals surface area contributed by atoms with Gasteiger partial charge in [0.25, 0.3) is 6.01 Å². The first-order valence-electron chi connectivity index (χ1n) is 10.3. The molecule has 10 nitrogen and oxygen atoms in total. The Morgan fingerprint density at radius 3 is 2.76 bits per heavy atom. The molecular formula is C23H22N8O2. The lowest BCUT2D eigenvalue weighted by atomic mass is 10.2. The highest BCUT2D eigenvalue weighted by molar-refractivity contribution is 6.00. The molecule has 0 atom stereocenters. The molecular weight excluding hydrogens is 420 g/mol. The van der Waals surface area contributed by atoms with Crippen molar-refractivity contribution in [3.05, 3.63) is 72.4 Å². The van der Waals surface area contributed by atoms with Crippen LogP contribution in [0.2, 0.25) is 0 Å². The molecule has 10 heteroatoms. The average Bonchev–Trinajstić information content (AvgIpc) is 3.53. The van der Waals surface area contributed by atoms with Crippen molar-refractivity contribution < 1.29 is 9.21 Å². The van der Waals surface area contributed by atoms with E-state index in [-0.39, 0.29) is 0 Å². The molecule has 33 heavy (non-hydrogen) atoms. The number of anilines is 3. The highest BCUT2D eigenvalue weighted by Gasteiger charge is 2.12. The fourth-order valence-electron chi connectivity index (χ4n) is 3.34. The average molecular weight is 442 g/mol. The number of fused-ring (bicyclic) bond motifs is 1. The Kier molecular flexibility index (Phi) is 5.23. The number of benzene rings is 2. The van der Waals surface area contributed by atoms with E-state index in [2.05, 4.69) is 43.0 Å². The number of nitrogens with one attached hydrogen (secondary N) is 3. The topological polar surface area (TPSA) is 117 Å². The zero-order valence-corrected chi connectivity index (χ0v) is 18.1. The lowest BCUT2D eigenvalue weighted by molar-refractivity contribution is 0.262. The van der Waals surface area contributed by atoms with Gasteiger partial charge >= 0.3 is 6.03 Å². The number of nitrogens with zero attached hydrogens (tertiary/aromatic N) is 5. The van der Waals surface area contributed by atoms with Gasteiger partial charge in [-0.2, -0.15) is 15.2 Å². The summed E-state index contributed by atoms with van der Waals surface area (Å²) < 4.78 is 7.48. The van der Waals surface area contributed by atoms with Crippen LogP contribution in [0.5, 0.6) is 0 Å². The fraction of sp³-hybridized carbons (Fsp3) is 0.130. The van der Waals surface area contributed by atoms with Crippen molar-refractivity contribution in [2.75, 3.05) is 29.6 Å². The minimum atomic E-state index is -0.418. The molecule has 0 radical (unpaired) electrons. The van der Waals surface area contributed by atoms with Crippen LogP contribution < -0.4 is 15.5 Å². The van der Waals surface area contributed by atoms with Crippen molar-refractivity contribution in [3.63, 3.8) is 0 Å². The van der Waals surface area contributed by atoms with Crippen molar-refractivity contribution in [1.82, 2.24) is 25.0 Å². The second kappa shape index (κ2) is 8.50. The van der Waals surface area contributed by atoms with Gasteiger partial charge in [0.05, 0.1) is 12.2 Å². The van der Waals surface area contributed by atoms with Crippen LogP contribution in [-0.4, -0.2) is 45.1 Å². The molecule has 0 aliphatic heterocycles. The van der Waals surface area contributed by atoms with Crippen molar-refractivity contribution in [3.8, 4) is 11.4 Å². The van der Waals surface area contributed by atoms with Crippen LogP contribution in [-0.2, 0) is 6.54 Å². The largest absolute Gasteiger partial charge is 0.423 e. The predicted octanol–water partition coefficient (Wildman–Crippen LogP) is 4.17. The van der Waals surface area contributed by atoms with Gasteiger partial charge in [0.2, 0.25) is 0 Å². The molecule has 3 N–H and O–H groups in total. The van der Waals surface area contributed by atoms with Crippen LogP contribution in [0.3, 0.4) is 0 Å². The Labute approximate surface area is 189 Å². The number of rotatable bonds is 6. The molecule has 0 saturated heterocycles. The molecule has 0 bridgehead atoms. The van der Waals surface area contributed by atoms with Gasteiger partial charge in [-0.25, -0.2) is 4.79 Å². The maximum atomic E-state index is 12.4. The fourth-order valence-corrected chi connectivity index (χ4v) is 3.34. The monoisotopic (exact) mass is 442 g/mol. The summed E-state index contributed by atoms with van der Waals surface area (Å²) in [5.41, 5.74) is 4.50. The minimum Gasteiger partial charge on any atom is -0.423 e. The normalized spacial score (nSPS) is 11.0. The molecule has 0 saturated carbocycles. The van der Waals surface area contributed by atoms with Gasteiger partial charge in [0.15, 0.2) is 11.4 Å². The van der Waals surface area contributed by atoms with Gasteiger partial charge in [-0.15, -0.1) is 0 Å². The number of hydrogen-bond acceptors (Lipinski definition) is 6. The van der Waals surface area contributed by atoms with Gasteiger partial charge < -0.3 is 14.6 Å². The highest BCUT2D eigenvalue weighted by Crippen LogP contribution is 2.24. The zero-order valence-electron chi connectivity index (χ0n) is 18.1. The van der Waals surface area contributed by atoms with Gasteiger partial charge in [0, 0.05) is 32.0 Å². The number of H-pyrrole nitrogens is 1. The molecule has 5 rings (SSSR count). The van der Waals surface area contributed by atoms with Crippen LogP contribution in [0, 0.1) is 0 Å². The Bertz CT molecular complexity index is 1400. The number of aromatic amines is 1. The lowest BCUT2D eigenvalue weighted by Crippen LogP contribution is -2.19. The van der Waals surface area contributed by atoms with Crippen LogP contribution in [0.4, 0.5) is 22.3 Å². The minimum absolute atomic E-state index is 0.387. The molecule has 0 spiro atoms. The standard InChI is InChI=1S/C23H22N8O2/c1-30(2)23-25-19-12-16(8-9-20(19)33-23)24-22(32)26-21-13-18(27-28-21)17-10-11-31(29-17)14-15-6-4-3-5-7-15/h3-13H,14H2,1-2H3,(H3,24,26,27,28,32). The van der Waals surface area contributed by atoms with Crippen molar-refractivity contribution in [2.45, 2.75) is 6.54 Å². The van der Waals surface area contributed by atoms with E-state index in [1.165, 1.54) is 0 Å². The van der Waals surface area contributed by atoms with E-state index >= 15 is 0 Å². The molecule has 166 valence electrons. The first-order chi connectivity index (χ1) is 16.0. The summed E-state index contributed by atoms with van der Waals surface area (Å²) in [6.07, 6.45) is 1.91. The third-order valence-corrected chi connectivity index (χ3v) is 4.94. The number of hydrogen-bond donors (Lipinski definition) is 3. The Hall–Kier alpha value is -4.60. The molecule has 0 aliphatic carbocycles. The zero-order chi connectivity index (χ0) is 22.8. The van der Waals surface area contributed by atoms with E-state index in [1.54, 1.807) is 29.2 Å². The predicted molar refractivity (Wildman–Crippen MR) is 126 cm³/mol. The number of urea groups is 1. The molecule has 2 amide bonds. The van der Waals surface area contributed by atoms with E-state index in [1.807, 2.05) is 49.2 Å².